The van der Waals surface area contributed by atoms with Crippen LogP contribution in [0.25, 0.3) is 11.1 Å². The number of nitrogens with zero attached hydrogens (tertiary/aromatic N) is 1. The molecule has 18 heavy (non-hydrogen) atoms. The van der Waals surface area contributed by atoms with Crippen LogP contribution in [0.3, 0.4) is 0 Å². The number of hydrogen-bond donors (Lipinski definition) is 0. The maximum Gasteiger partial charge on any atom is 0.277 e. The van der Waals surface area contributed by atoms with Crippen LogP contribution in [-0.2, 0) is 6.42 Å². The molecule has 4 nitrogen and oxygen atoms in total. The number of carbonyl (C=O) groups excluding carboxylic acids is 1. The van der Waals surface area contributed by atoms with Gasteiger partial charge in [-0.2, -0.15) is 11.3 Å². The number of rotatable bonds is 2. The lowest BCUT2D eigenvalue weighted by Crippen LogP contribution is -1.98. The van der Waals surface area contributed by atoms with Gasteiger partial charge in [0.2, 0.25) is 0 Å². The van der Waals surface area contributed by atoms with Crippen LogP contribution in [0.5, 0.6) is 0 Å². The van der Waals surface area contributed by atoms with Crippen molar-refractivity contribution in [2.75, 3.05) is 0 Å². The highest BCUT2D eigenvalue weighted by molar-refractivity contribution is 7.08. The maximum atomic E-state index is 11.7. The van der Waals surface area contributed by atoms with Crippen LogP contribution >= 0.6 is 11.3 Å². The van der Waals surface area contributed by atoms with Crippen LogP contribution in [0, 0.1) is 10.1 Å². The molecule has 0 N–H and O–H groups in total. The smallest absolute Gasteiger partial charge is 0.277 e. The van der Waals surface area contributed by atoms with E-state index in [1.54, 1.807) is 6.07 Å². The number of nitro groups is 1. The van der Waals surface area contributed by atoms with E-state index >= 15 is 0 Å². The number of carbonyl (C=O) groups is 1. The molecule has 0 aliphatic heterocycles. The summed E-state index contributed by atoms with van der Waals surface area (Å²) in [7, 11) is 0. The SMILES string of the molecule is O=C1CCc2c1ccc([N+](=O)[O-])c2-c1ccsc1. The lowest BCUT2D eigenvalue weighted by Gasteiger charge is -2.07. The molecule has 0 spiro atoms. The quantitative estimate of drug-likeness (QED) is 0.613. The molecule has 3 rings (SSSR count). The van der Waals surface area contributed by atoms with Crippen molar-refractivity contribution < 1.29 is 9.72 Å². The number of fused-ring (bicyclic) bond motifs is 1. The second-order valence-electron chi connectivity index (χ2n) is 4.18. The molecule has 0 unspecified atom stereocenters. The summed E-state index contributed by atoms with van der Waals surface area (Å²) in [6, 6.07) is 4.88. The van der Waals surface area contributed by atoms with Gasteiger partial charge in [-0.05, 0) is 40.4 Å². The summed E-state index contributed by atoms with van der Waals surface area (Å²) in [5.74, 6) is 0.0800. The van der Waals surface area contributed by atoms with Crippen molar-refractivity contribution in [3.8, 4) is 11.1 Å². The zero-order valence-corrected chi connectivity index (χ0v) is 10.2. The van der Waals surface area contributed by atoms with Crippen LogP contribution in [0.15, 0.2) is 29.0 Å². The van der Waals surface area contributed by atoms with E-state index in [2.05, 4.69) is 0 Å². The van der Waals surface area contributed by atoms with Crippen LogP contribution < -0.4 is 0 Å². The Hall–Kier alpha value is -2.01. The van der Waals surface area contributed by atoms with Crippen molar-refractivity contribution in [2.45, 2.75) is 12.8 Å². The Kier molecular flexibility index (Phi) is 2.48. The Morgan fingerprint density at radius 2 is 2.06 bits per heavy atom. The predicted molar refractivity (Wildman–Crippen MR) is 69.1 cm³/mol. The molecule has 5 heteroatoms. The first-order valence-electron chi connectivity index (χ1n) is 5.54. The molecule has 0 saturated carbocycles. The van der Waals surface area contributed by atoms with Crippen LogP contribution in [0.2, 0.25) is 0 Å². The van der Waals surface area contributed by atoms with Crippen molar-refractivity contribution in [3.05, 3.63) is 50.2 Å². The highest BCUT2D eigenvalue weighted by atomic mass is 32.1. The van der Waals surface area contributed by atoms with Crippen LogP contribution in [0.1, 0.15) is 22.3 Å². The molecule has 0 amide bonds. The number of benzene rings is 1. The van der Waals surface area contributed by atoms with Crippen LogP contribution in [0.4, 0.5) is 5.69 Å². The highest BCUT2D eigenvalue weighted by Crippen LogP contribution is 2.39. The molecule has 0 saturated heterocycles. The van der Waals surface area contributed by atoms with E-state index in [9.17, 15) is 14.9 Å². The minimum absolute atomic E-state index is 0.0800. The summed E-state index contributed by atoms with van der Waals surface area (Å²) in [6.07, 6.45) is 1.05. The minimum atomic E-state index is -0.379. The van der Waals surface area contributed by atoms with Gasteiger partial charge in [0.15, 0.2) is 5.78 Å². The topological polar surface area (TPSA) is 60.2 Å². The van der Waals surface area contributed by atoms with Gasteiger partial charge in [0.25, 0.3) is 5.69 Å². The Morgan fingerprint density at radius 1 is 1.22 bits per heavy atom. The summed E-state index contributed by atoms with van der Waals surface area (Å²) in [5, 5.41) is 14.9. The van der Waals surface area contributed by atoms with E-state index in [0.717, 1.165) is 11.1 Å². The fourth-order valence-electron chi connectivity index (χ4n) is 2.41. The van der Waals surface area contributed by atoms with Crippen LogP contribution in [-0.4, -0.2) is 10.7 Å². The average molecular weight is 259 g/mol. The summed E-state index contributed by atoms with van der Waals surface area (Å²) in [6.45, 7) is 0. The number of ketones is 1. The van der Waals surface area contributed by atoms with E-state index in [-0.39, 0.29) is 16.4 Å². The van der Waals surface area contributed by atoms with Gasteiger partial charge in [-0.3, -0.25) is 14.9 Å². The number of thiophene rings is 1. The maximum absolute atomic E-state index is 11.7. The number of nitro benzene ring substituents is 1. The fraction of sp³-hybridized carbons (Fsp3) is 0.154. The van der Waals surface area contributed by atoms with Crippen molar-refractivity contribution in [1.29, 1.82) is 0 Å². The first-order chi connectivity index (χ1) is 8.68. The molecule has 0 fully saturated rings. The molecule has 0 radical (unpaired) electrons. The van der Waals surface area contributed by atoms with Gasteiger partial charge < -0.3 is 0 Å². The third kappa shape index (κ3) is 1.55. The van der Waals surface area contributed by atoms with E-state index in [0.29, 0.717) is 24.0 Å². The van der Waals surface area contributed by atoms with E-state index < -0.39 is 0 Å². The Bertz CT molecular complexity index is 647. The molecule has 0 atom stereocenters. The second kappa shape index (κ2) is 4.03. The first kappa shape index (κ1) is 11.1. The van der Waals surface area contributed by atoms with E-state index in [1.807, 2.05) is 16.8 Å². The third-order valence-corrected chi connectivity index (χ3v) is 3.88. The van der Waals surface area contributed by atoms with E-state index in [4.69, 9.17) is 0 Å². The highest BCUT2D eigenvalue weighted by Gasteiger charge is 2.28. The van der Waals surface area contributed by atoms with Gasteiger partial charge >= 0.3 is 0 Å². The summed E-state index contributed by atoms with van der Waals surface area (Å²) in [5.41, 5.74) is 3.00. The van der Waals surface area contributed by atoms with Crippen molar-refractivity contribution >= 4 is 22.8 Å². The second-order valence-corrected chi connectivity index (χ2v) is 4.96. The van der Waals surface area contributed by atoms with Crippen molar-refractivity contribution in [1.82, 2.24) is 0 Å². The standard InChI is InChI=1S/C13H9NO3S/c15-12-4-2-10-9(12)1-3-11(14(16)17)13(10)8-5-6-18-7-8/h1,3,5-7H,2,4H2. The Morgan fingerprint density at radius 3 is 2.72 bits per heavy atom. The first-order valence-corrected chi connectivity index (χ1v) is 6.49. The van der Waals surface area contributed by atoms with Gasteiger partial charge in [0.05, 0.1) is 10.5 Å². The fourth-order valence-corrected chi connectivity index (χ4v) is 3.06. The summed E-state index contributed by atoms with van der Waals surface area (Å²) >= 11 is 1.49. The van der Waals surface area contributed by atoms with E-state index in [1.165, 1.54) is 17.4 Å². The van der Waals surface area contributed by atoms with Gasteiger partial charge in [-0.1, -0.05) is 0 Å². The van der Waals surface area contributed by atoms with Gasteiger partial charge in [-0.25, -0.2) is 0 Å². The number of Topliss-reactive ketones (excluding diaryl/α,β-unsaturated/α-hetero) is 1. The monoisotopic (exact) mass is 259 g/mol. The minimum Gasteiger partial charge on any atom is -0.294 e. The molecule has 1 aromatic heterocycles. The largest absolute Gasteiger partial charge is 0.294 e. The summed E-state index contributed by atoms with van der Waals surface area (Å²) in [4.78, 5) is 22.4. The zero-order chi connectivity index (χ0) is 12.7. The normalized spacial score (nSPS) is 13.7. The van der Waals surface area contributed by atoms with Gasteiger partial charge in [-0.15, -0.1) is 0 Å². The Balaban J connectivity index is 2.32. The average Bonchev–Trinajstić information content (AvgIpc) is 2.98. The molecular weight excluding hydrogens is 250 g/mol. The third-order valence-electron chi connectivity index (χ3n) is 3.20. The van der Waals surface area contributed by atoms with Gasteiger partial charge in [0.1, 0.15) is 0 Å². The molecule has 1 aliphatic carbocycles. The number of hydrogen-bond acceptors (Lipinski definition) is 4. The molecule has 1 aromatic carbocycles. The predicted octanol–water partition coefficient (Wildman–Crippen LogP) is 3.45. The van der Waals surface area contributed by atoms with Crippen molar-refractivity contribution in [2.24, 2.45) is 0 Å². The molecule has 2 aromatic rings. The van der Waals surface area contributed by atoms with Gasteiger partial charge in [0, 0.05) is 18.1 Å². The Labute approximate surface area is 107 Å². The lowest BCUT2D eigenvalue weighted by atomic mass is 9.97. The summed E-state index contributed by atoms with van der Waals surface area (Å²) < 4.78 is 0. The molecule has 0 bridgehead atoms. The molecule has 1 aliphatic rings. The lowest BCUT2D eigenvalue weighted by molar-refractivity contribution is -0.384. The zero-order valence-electron chi connectivity index (χ0n) is 9.38. The molecule has 90 valence electrons. The van der Waals surface area contributed by atoms with Crippen molar-refractivity contribution in [3.63, 3.8) is 0 Å². The molecular formula is C13H9NO3S. The molecule has 1 heterocycles.